The van der Waals surface area contributed by atoms with E-state index in [-0.39, 0.29) is 5.41 Å². The van der Waals surface area contributed by atoms with E-state index in [2.05, 4.69) is 6.92 Å². The van der Waals surface area contributed by atoms with Gasteiger partial charge in [0.25, 0.3) is 0 Å². The Morgan fingerprint density at radius 2 is 2.15 bits per heavy atom. The van der Waals surface area contributed by atoms with Crippen molar-refractivity contribution in [1.82, 2.24) is 0 Å². The number of carbonyl (C=O) groups is 1. The maximum Gasteiger partial charge on any atom is 0.126 e. The van der Waals surface area contributed by atoms with E-state index in [1.165, 1.54) is 38.4 Å². The zero-order valence-corrected chi connectivity index (χ0v) is 8.59. The van der Waals surface area contributed by atoms with Crippen LogP contribution in [0.25, 0.3) is 0 Å². The van der Waals surface area contributed by atoms with Crippen LogP contribution >= 0.6 is 0 Å². The molecule has 1 heteroatoms. The predicted octanol–water partition coefficient (Wildman–Crippen LogP) is 3.18. The highest BCUT2D eigenvalue weighted by Crippen LogP contribution is 2.47. The van der Waals surface area contributed by atoms with Gasteiger partial charge in [0.15, 0.2) is 0 Å². The lowest BCUT2D eigenvalue weighted by Gasteiger charge is -2.35. The molecule has 0 aromatic carbocycles. The molecule has 2 unspecified atom stereocenters. The minimum atomic E-state index is 0.0961. The summed E-state index contributed by atoms with van der Waals surface area (Å²) < 4.78 is 0. The fraction of sp³-hybridized carbons (Fsp3) is 0.917. The van der Waals surface area contributed by atoms with Crippen LogP contribution in [0.5, 0.6) is 0 Å². The Kier molecular flexibility index (Phi) is 2.44. The average molecular weight is 180 g/mol. The van der Waals surface area contributed by atoms with Crippen LogP contribution in [0.4, 0.5) is 0 Å². The topological polar surface area (TPSA) is 17.1 Å². The molecule has 1 nitrogen and oxygen atoms in total. The van der Waals surface area contributed by atoms with Crippen molar-refractivity contribution in [3.63, 3.8) is 0 Å². The summed E-state index contributed by atoms with van der Waals surface area (Å²) >= 11 is 0. The molecule has 0 radical (unpaired) electrons. The van der Waals surface area contributed by atoms with E-state index in [0.29, 0.717) is 0 Å². The third-order valence-electron chi connectivity index (χ3n) is 3.77. The molecule has 0 N–H and O–H groups in total. The van der Waals surface area contributed by atoms with Crippen molar-refractivity contribution in [2.45, 2.75) is 51.9 Å². The fourth-order valence-electron chi connectivity index (χ4n) is 2.94. The molecule has 0 aliphatic heterocycles. The molecule has 2 atom stereocenters. The Morgan fingerprint density at radius 1 is 1.38 bits per heavy atom. The molecule has 74 valence electrons. The van der Waals surface area contributed by atoms with E-state index >= 15 is 0 Å². The molecule has 2 rings (SSSR count). The molecule has 0 aromatic heterocycles. The quantitative estimate of drug-likeness (QED) is 0.610. The zero-order valence-electron chi connectivity index (χ0n) is 8.59. The van der Waals surface area contributed by atoms with Crippen LogP contribution in [0.2, 0.25) is 0 Å². The summed E-state index contributed by atoms with van der Waals surface area (Å²) in [5.41, 5.74) is 0.0961. The van der Waals surface area contributed by atoms with Gasteiger partial charge in [-0.05, 0) is 31.1 Å². The summed E-state index contributed by atoms with van der Waals surface area (Å²) in [6, 6.07) is 0. The van der Waals surface area contributed by atoms with Crippen LogP contribution in [0.15, 0.2) is 0 Å². The van der Waals surface area contributed by atoms with Gasteiger partial charge in [0.2, 0.25) is 0 Å². The molecule has 0 amide bonds. The van der Waals surface area contributed by atoms with Crippen LogP contribution < -0.4 is 0 Å². The number of hydrogen-bond acceptors (Lipinski definition) is 1. The van der Waals surface area contributed by atoms with Gasteiger partial charge < -0.3 is 4.79 Å². The van der Waals surface area contributed by atoms with E-state index in [0.717, 1.165) is 24.7 Å². The van der Waals surface area contributed by atoms with Gasteiger partial charge in [-0.25, -0.2) is 0 Å². The summed E-state index contributed by atoms with van der Waals surface area (Å²) in [5.74, 6) is 1.67. The first-order valence-electron chi connectivity index (χ1n) is 5.70. The summed E-state index contributed by atoms with van der Waals surface area (Å²) in [6.45, 7) is 2.30. The second kappa shape index (κ2) is 3.43. The van der Waals surface area contributed by atoms with E-state index in [1.807, 2.05) is 0 Å². The molecule has 2 saturated carbocycles. The third-order valence-corrected chi connectivity index (χ3v) is 3.77. The number of aldehydes is 1. The fourth-order valence-corrected chi connectivity index (χ4v) is 2.94. The molecule has 0 bridgehead atoms. The van der Waals surface area contributed by atoms with E-state index < -0.39 is 0 Å². The minimum Gasteiger partial charge on any atom is -0.303 e. The molecule has 0 spiro atoms. The van der Waals surface area contributed by atoms with Gasteiger partial charge >= 0.3 is 0 Å². The number of carbonyl (C=O) groups excluding carboxylic acids is 1. The molecule has 2 aliphatic carbocycles. The molecule has 13 heavy (non-hydrogen) atoms. The van der Waals surface area contributed by atoms with Gasteiger partial charge in [-0.15, -0.1) is 0 Å². The predicted molar refractivity (Wildman–Crippen MR) is 53.5 cm³/mol. The molecular formula is C12H20O. The first kappa shape index (κ1) is 9.23. The van der Waals surface area contributed by atoms with Crippen LogP contribution in [-0.2, 0) is 4.79 Å². The Balaban J connectivity index is 1.98. The van der Waals surface area contributed by atoms with Gasteiger partial charge in [-0.3, -0.25) is 0 Å². The van der Waals surface area contributed by atoms with Gasteiger partial charge in [0, 0.05) is 5.41 Å². The standard InChI is InChI=1S/C12H20O/c1-10-3-2-6-12(7-10,9-13)8-11-4-5-11/h9-11H,2-8H2,1H3. The monoisotopic (exact) mass is 180 g/mol. The maximum atomic E-state index is 11.2. The Morgan fingerprint density at radius 3 is 2.69 bits per heavy atom. The van der Waals surface area contributed by atoms with Crippen molar-refractivity contribution in [2.75, 3.05) is 0 Å². The minimum absolute atomic E-state index is 0.0961. The lowest BCUT2D eigenvalue weighted by Crippen LogP contribution is -2.29. The van der Waals surface area contributed by atoms with Crippen molar-refractivity contribution >= 4 is 6.29 Å². The van der Waals surface area contributed by atoms with Crippen LogP contribution in [0, 0.1) is 17.3 Å². The van der Waals surface area contributed by atoms with Gasteiger partial charge in [0.05, 0.1) is 0 Å². The van der Waals surface area contributed by atoms with Gasteiger partial charge in [0.1, 0.15) is 6.29 Å². The first-order chi connectivity index (χ1) is 6.24. The normalized spacial score (nSPS) is 40.2. The largest absolute Gasteiger partial charge is 0.303 e. The van der Waals surface area contributed by atoms with Gasteiger partial charge in [-0.1, -0.05) is 32.6 Å². The molecule has 0 aromatic rings. The Bertz CT molecular complexity index is 191. The number of hydrogen-bond donors (Lipinski definition) is 0. The maximum absolute atomic E-state index is 11.2. The van der Waals surface area contributed by atoms with Crippen molar-refractivity contribution in [3.05, 3.63) is 0 Å². The summed E-state index contributed by atoms with van der Waals surface area (Å²) in [5, 5.41) is 0. The lowest BCUT2D eigenvalue weighted by atomic mass is 9.68. The van der Waals surface area contributed by atoms with Crippen molar-refractivity contribution in [3.8, 4) is 0 Å². The summed E-state index contributed by atoms with van der Waals surface area (Å²) in [6.07, 6.45) is 10.2. The molecule has 2 aliphatic rings. The second-order valence-corrected chi connectivity index (χ2v) is 5.33. The molecular weight excluding hydrogens is 160 g/mol. The van der Waals surface area contributed by atoms with E-state index in [1.54, 1.807) is 0 Å². The van der Waals surface area contributed by atoms with Crippen LogP contribution in [0.1, 0.15) is 51.9 Å². The smallest absolute Gasteiger partial charge is 0.126 e. The van der Waals surface area contributed by atoms with E-state index in [9.17, 15) is 4.79 Å². The third kappa shape index (κ3) is 2.12. The summed E-state index contributed by atoms with van der Waals surface area (Å²) in [7, 11) is 0. The highest BCUT2D eigenvalue weighted by atomic mass is 16.1. The zero-order chi connectivity index (χ0) is 9.31. The van der Waals surface area contributed by atoms with E-state index in [4.69, 9.17) is 0 Å². The summed E-state index contributed by atoms with van der Waals surface area (Å²) in [4.78, 5) is 11.2. The average Bonchev–Trinajstić information content (AvgIpc) is 2.88. The highest BCUT2D eigenvalue weighted by Gasteiger charge is 2.39. The molecule has 2 fully saturated rings. The van der Waals surface area contributed by atoms with Crippen molar-refractivity contribution < 1.29 is 4.79 Å². The molecule has 0 heterocycles. The Hall–Kier alpha value is -0.330. The molecule has 0 saturated heterocycles. The van der Waals surface area contributed by atoms with Crippen molar-refractivity contribution in [2.24, 2.45) is 17.3 Å². The first-order valence-corrected chi connectivity index (χ1v) is 5.70. The SMILES string of the molecule is CC1CCCC(C=O)(CC2CC2)C1. The highest BCUT2D eigenvalue weighted by molar-refractivity contribution is 5.59. The van der Waals surface area contributed by atoms with Crippen LogP contribution in [0.3, 0.4) is 0 Å². The number of rotatable bonds is 3. The second-order valence-electron chi connectivity index (χ2n) is 5.33. The Labute approximate surface area is 80.9 Å². The van der Waals surface area contributed by atoms with Crippen molar-refractivity contribution in [1.29, 1.82) is 0 Å². The lowest BCUT2D eigenvalue weighted by molar-refractivity contribution is -0.119. The van der Waals surface area contributed by atoms with Gasteiger partial charge in [-0.2, -0.15) is 0 Å². The van der Waals surface area contributed by atoms with Crippen LogP contribution in [-0.4, -0.2) is 6.29 Å².